The van der Waals surface area contributed by atoms with Gasteiger partial charge in [0, 0.05) is 43.6 Å². The second-order valence-corrected chi connectivity index (χ2v) is 12.0. The first-order chi connectivity index (χ1) is 20.4. The largest absolute Gasteiger partial charge is 0.480 e. The minimum absolute atomic E-state index is 0. The van der Waals surface area contributed by atoms with Crippen LogP contribution in [0.5, 0.6) is 0 Å². The Hall–Kier alpha value is -4.53. The van der Waals surface area contributed by atoms with E-state index < -0.39 is 39.9 Å². The number of carboxylic acid groups (broad SMARTS) is 1. The molecule has 0 aliphatic heterocycles. The van der Waals surface area contributed by atoms with Crippen molar-refractivity contribution in [1.82, 2.24) is 24.6 Å². The number of aromatic nitrogens is 3. The third-order valence-corrected chi connectivity index (χ3v) is 8.66. The van der Waals surface area contributed by atoms with E-state index in [9.17, 15) is 27.9 Å². The minimum Gasteiger partial charge on any atom is -0.480 e. The van der Waals surface area contributed by atoms with Crippen LogP contribution < -0.4 is 26.5 Å². The Labute approximate surface area is 255 Å². The number of carbonyl (C=O) groups excluding carboxylic acids is 1. The molecule has 1 amide bonds. The number of nitrogens with one attached hydrogen (secondary N) is 4. The van der Waals surface area contributed by atoms with Crippen molar-refractivity contribution in [1.29, 1.82) is 0 Å². The van der Waals surface area contributed by atoms with Gasteiger partial charge in [-0.25, -0.2) is 13.4 Å². The standard InChI is InChI=1S/C29H35N7O6S.CH4/c1-17-11-18(2)26(19(3)12-17)43(41,42)35-23(28(39)40)15-33-27(38)22-16-36(10-4-7-30)24-13-20(5-6-21(24)25(22)37)14-34-29-31-8-9-32-29;/h5-6,8-9,11-13,16,23,35H,4,7,10,14-15,30H2,1-3H3,(H,33,38)(H,39,40)(H2,31,32,34);1H4. The predicted molar refractivity (Wildman–Crippen MR) is 169 cm³/mol. The van der Waals surface area contributed by atoms with Crippen LogP contribution in [0, 0.1) is 20.8 Å². The molecule has 2 heterocycles. The normalized spacial score (nSPS) is 12.0. The van der Waals surface area contributed by atoms with E-state index in [4.69, 9.17) is 5.73 Å². The fraction of sp³-hybridized carbons (Fsp3) is 0.333. The molecule has 0 fully saturated rings. The summed E-state index contributed by atoms with van der Waals surface area (Å²) in [6.07, 6.45) is 5.31. The first-order valence-corrected chi connectivity index (χ1v) is 15.1. The maximum absolute atomic E-state index is 13.4. The highest BCUT2D eigenvalue weighted by Crippen LogP contribution is 2.22. The highest BCUT2D eigenvalue weighted by molar-refractivity contribution is 7.89. The maximum atomic E-state index is 13.4. The number of carbonyl (C=O) groups is 2. The van der Waals surface area contributed by atoms with Crippen LogP contribution in [0.1, 0.15) is 46.5 Å². The highest BCUT2D eigenvalue weighted by atomic mass is 32.2. The number of imidazole rings is 1. The van der Waals surface area contributed by atoms with Gasteiger partial charge in [-0.15, -0.1) is 0 Å². The van der Waals surface area contributed by atoms with Crippen molar-refractivity contribution in [2.75, 3.05) is 18.4 Å². The Kier molecular flexibility index (Phi) is 11.0. The number of anilines is 1. The Bertz CT molecular complexity index is 1790. The van der Waals surface area contributed by atoms with Gasteiger partial charge in [0.15, 0.2) is 5.95 Å². The lowest BCUT2D eigenvalue weighted by Crippen LogP contribution is -2.49. The molecule has 2 aromatic carbocycles. The summed E-state index contributed by atoms with van der Waals surface area (Å²) >= 11 is 0. The summed E-state index contributed by atoms with van der Waals surface area (Å²) in [5, 5.41) is 15.6. The lowest BCUT2D eigenvalue weighted by atomic mass is 10.1. The SMILES string of the molecule is C.Cc1cc(C)c(S(=O)(=O)NC(CNC(=O)c2cn(CCCN)c3cc(CNc4ncc[nH]4)ccc3c2=O)C(=O)O)c(C)c1. The van der Waals surface area contributed by atoms with Crippen molar-refractivity contribution >= 4 is 38.8 Å². The second kappa shape index (κ2) is 14.3. The first kappa shape index (κ1) is 34.0. The Morgan fingerprint density at radius 3 is 2.45 bits per heavy atom. The zero-order valence-electron chi connectivity index (χ0n) is 24.1. The molecule has 236 valence electrons. The number of hydrogen-bond donors (Lipinski definition) is 6. The van der Waals surface area contributed by atoms with E-state index in [1.54, 1.807) is 55.1 Å². The summed E-state index contributed by atoms with van der Waals surface area (Å²) in [6.45, 7) is 5.74. The second-order valence-electron chi connectivity index (χ2n) is 10.3. The number of sulfonamides is 1. The van der Waals surface area contributed by atoms with Crippen LogP contribution >= 0.6 is 0 Å². The fourth-order valence-electron chi connectivity index (χ4n) is 5.01. The van der Waals surface area contributed by atoms with E-state index in [2.05, 4.69) is 25.3 Å². The molecule has 0 aliphatic carbocycles. The molecule has 1 unspecified atom stereocenters. The van der Waals surface area contributed by atoms with Crippen LogP contribution in [0.4, 0.5) is 5.95 Å². The number of aliphatic carboxylic acids is 1. The number of aryl methyl sites for hydroxylation is 4. The number of H-pyrrole nitrogens is 1. The van der Waals surface area contributed by atoms with Gasteiger partial charge in [0.2, 0.25) is 15.5 Å². The molecular weight excluding hydrogens is 586 g/mol. The van der Waals surface area contributed by atoms with Gasteiger partial charge < -0.3 is 31.0 Å². The molecule has 0 bridgehead atoms. The number of fused-ring (bicyclic) bond motifs is 1. The van der Waals surface area contributed by atoms with Gasteiger partial charge in [0.1, 0.15) is 11.6 Å². The number of amides is 1. The predicted octanol–water partition coefficient (Wildman–Crippen LogP) is 2.41. The van der Waals surface area contributed by atoms with E-state index in [0.717, 1.165) is 11.1 Å². The summed E-state index contributed by atoms with van der Waals surface area (Å²) in [5.41, 5.74) is 8.25. The van der Waals surface area contributed by atoms with Crippen molar-refractivity contribution in [3.05, 3.63) is 87.0 Å². The molecule has 0 spiro atoms. The number of nitrogens with two attached hydrogens (primary N) is 1. The Balaban J connectivity index is 0.00000529. The van der Waals surface area contributed by atoms with Gasteiger partial charge in [-0.3, -0.25) is 14.4 Å². The molecule has 14 heteroatoms. The average molecular weight is 626 g/mol. The van der Waals surface area contributed by atoms with Gasteiger partial charge in [-0.05, 0) is 62.6 Å². The molecule has 1 atom stereocenters. The van der Waals surface area contributed by atoms with Crippen molar-refractivity contribution in [2.45, 2.75) is 58.6 Å². The molecule has 7 N–H and O–H groups in total. The van der Waals surface area contributed by atoms with E-state index in [1.807, 2.05) is 13.0 Å². The van der Waals surface area contributed by atoms with Gasteiger partial charge >= 0.3 is 5.97 Å². The van der Waals surface area contributed by atoms with Crippen LogP contribution in [0.3, 0.4) is 0 Å². The van der Waals surface area contributed by atoms with Crippen molar-refractivity contribution in [3.8, 4) is 0 Å². The van der Waals surface area contributed by atoms with Crippen LogP contribution in [-0.4, -0.2) is 59.1 Å². The van der Waals surface area contributed by atoms with E-state index in [-0.39, 0.29) is 17.9 Å². The van der Waals surface area contributed by atoms with Crippen LogP contribution in [0.15, 0.2) is 58.6 Å². The Morgan fingerprint density at radius 1 is 1.14 bits per heavy atom. The van der Waals surface area contributed by atoms with E-state index >= 15 is 0 Å². The third-order valence-electron chi connectivity index (χ3n) is 6.89. The zero-order chi connectivity index (χ0) is 31.3. The minimum atomic E-state index is -4.24. The van der Waals surface area contributed by atoms with Crippen molar-refractivity contribution < 1.29 is 23.1 Å². The molecule has 0 saturated heterocycles. The third kappa shape index (κ3) is 7.70. The molecule has 0 saturated carbocycles. The summed E-state index contributed by atoms with van der Waals surface area (Å²) in [4.78, 5) is 45.6. The average Bonchev–Trinajstić information content (AvgIpc) is 3.46. The highest BCUT2D eigenvalue weighted by Gasteiger charge is 2.29. The smallest absolute Gasteiger partial charge is 0.323 e. The molecule has 13 nitrogen and oxygen atoms in total. The summed E-state index contributed by atoms with van der Waals surface area (Å²) in [6, 6.07) is 6.93. The number of aromatic amines is 1. The molecular formula is C30H39N7O6S. The zero-order valence-corrected chi connectivity index (χ0v) is 24.9. The van der Waals surface area contributed by atoms with Crippen LogP contribution in [0.2, 0.25) is 0 Å². The van der Waals surface area contributed by atoms with E-state index in [1.165, 1.54) is 6.20 Å². The quantitative estimate of drug-likeness (QED) is 0.129. The van der Waals surface area contributed by atoms with Crippen molar-refractivity contribution in [3.63, 3.8) is 0 Å². The number of carboxylic acids is 1. The summed E-state index contributed by atoms with van der Waals surface area (Å²) < 4.78 is 30.2. The van der Waals surface area contributed by atoms with E-state index in [0.29, 0.717) is 54.0 Å². The summed E-state index contributed by atoms with van der Waals surface area (Å²) in [5.74, 6) is -1.72. The van der Waals surface area contributed by atoms with Crippen LogP contribution in [0.25, 0.3) is 10.9 Å². The molecule has 0 aliphatic rings. The number of nitrogens with zero attached hydrogens (tertiary/aromatic N) is 2. The monoisotopic (exact) mass is 625 g/mol. The van der Waals surface area contributed by atoms with Gasteiger partial charge in [0.25, 0.3) is 5.91 Å². The molecule has 2 aromatic heterocycles. The molecule has 4 rings (SSSR count). The topological polar surface area (TPSA) is 201 Å². The number of rotatable bonds is 13. The van der Waals surface area contributed by atoms with Gasteiger partial charge in [-0.2, -0.15) is 4.72 Å². The first-order valence-electron chi connectivity index (χ1n) is 13.6. The number of pyridine rings is 1. The van der Waals surface area contributed by atoms with Crippen LogP contribution in [-0.2, 0) is 27.9 Å². The lowest BCUT2D eigenvalue weighted by Gasteiger charge is -2.19. The number of benzene rings is 2. The molecule has 44 heavy (non-hydrogen) atoms. The molecule has 0 radical (unpaired) electrons. The van der Waals surface area contributed by atoms with Gasteiger partial charge in [0.05, 0.1) is 10.4 Å². The van der Waals surface area contributed by atoms with Gasteiger partial charge in [-0.1, -0.05) is 31.2 Å². The molecule has 4 aromatic rings. The lowest BCUT2D eigenvalue weighted by molar-refractivity contribution is -0.138. The summed E-state index contributed by atoms with van der Waals surface area (Å²) in [7, 11) is -4.24. The fourth-order valence-corrected chi connectivity index (χ4v) is 6.65. The maximum Gasteiger partial charge on any atom is 0.323 e. The Morgan fingerprint density at radius 2 is 1.84 bits per heavy atom. The van der Waals surface area contributed by atoms with Crippen molar-refractivity contribution in [2.24, 2.45) is 5.73 Å². The number of hydrogen-bond acceptors (Lipinski definition) is 8.